The lowest BCUT2D eigenvalue weighted by molar-refractivity contribution is -0.135. The van der Waals surface area contributed by atoms with Gasteiger partial charge in [-0.1, -0.05) is 42.0 Å². The molecule has 27 heavy (non-hydrogen) atoms. The van der Waals surface area contributed by atoms with Gasteiger partial charge >= 0.3 is 0 Å². The van der Waals surface area contributed by atoms with E-state index in [-0.39, 0.29) is 30.0 Å². The second-order valence-corrected chi connectivity index (χ2v) is 7.17. The molecule has 0 saturated carbocycles. The van der Waals surface area contributed by atoms with Crippen LogP contribution in [0.2, 0.25) is 0 Å². The Morgan fingerprint density at radius 2 is 1.78 bits per heavy atom. The number of benzene rings is 2. The zero-order chi connectivity index (χ0) is 19.2. The molecule has 5 heteroatoms. The van der Waals surface area contributed by atoms with Crippen LogP contribution >= 0.6 is 0 Å². The van der Waals surface area contributed by atoms with E-state index in [4.69, 9.17) is 0 Å². The minimum atomic E-state index is -0.302. The number of aryl methyl sites for hydroxylation is 1. The number of rotatable bonds is 5. The third kappa shape index (κ3) is 5.39. The lowest BCUT2D eigenvalue weighted by Crippen LogP contribution is -2.43. The van der Waals surface area contributed by atoms with Crippen LogP contribution in [-0.2, 0) is 22.6 Å². The van der Waals surface area contributed by atoms with Crippen LogP contribution in [0.25, 0.3) is 0 Å². The Balaban J connectivity index is 1.44. The SMILES string of the molecule is Cc1cccc(CNC(=O)C2CCN(C(=O)Cc3ccc(F)cc3)CC2)c1. The highest BCUT2D eigenvalue weighted by atomic mass is 19.1. The normalized spacial score (nSPS) is 14.8. The van der Waals surface area contributed by atoms with E-state index in [9.17, 15) is 14.0 Å². The summed E-state index contributed by atoms with van der Waals surface area (Å²) in [4.78, 5) is 26.6. The summed E-state index contributed by atoms with van der Waals surface area (Å²) in [6, 6.07) is 14.1. The Kier molecular flexibility index (Phi) is 6.22. The van der Waals surface area contributed by atoms with Gasteiger partial charge in [-0.2, -0.15) is 0 Å². The third-order valence-electron chi connectivity index (χ3n) is 5.04. The molecule has 3 rings (SSSR count). The highest BCUT2D eigenvalue weighted by Gasteiger charge is 2.27. The van der Waals surface area contributed by atoms with Crippen LogP contribution in [0.4, 0.5) is 4.39 Å². The number of hydrogen-bond acceptors (Lipinski definition) is 2. The van der Waals surface area contributed by atoms with Crippen molar-refractivity contribution in [2.45, 2.75) is 32.7 Å². The van der Waals surface area contributed by atoms with Crippen LogP contribution < -0.4 is 5.32 Å². The van der Waals surface area contributed by atoms with Gasteiger partial charge in [0.2, 0.25) is 11.8 Å². The lowest BCUT2D eigenvalue weighted by atomic mass is 9.95. The predicted molar refractivity (Wildman–Crippen MR) is 102 cm³/mol. The first-order chi connectivity index (χ1) is 13.0. The Labute approximate surface area is 159 Å². The summed E-state index contributed by atoms with van der Waals surface area (Å²) in [7, 11) is 0. The molecule has 0 bridgehead atoms. The average molecular weight is 368 g/mol. The first-order valence-electron chi connectivity index (χ1n) is 9.37. The number of amides is 2. The van der Waals surface area contributed by atoms with Crippen molar-refractivity contribution in [3.8, 4) is 0 Å². The largest absolute Gasteiger partial charge is 0.352 e. The van der Waals surface area contributed by atoms with Gasteiger partial charge in [0.15, 0.2) is 0 Å². The van der Waals surface area contributed by atoms with Crippen LogP contribution in [0, 0.1) is 18.7 Å². The summed E-state index contributed by atoms with van der Waals surface area (Å²) in [5.74, 6) is -0.268. The number of nitrogens with zero attached hydrogens (tertiary/aromatic N) is 1. The van der Waals surface area contributed by atoms with Crippen LogP contribution in [0.3, 0.4) is 0 Å². The zero-order valence-corrected chi connectivity index (χ0v) is 15.6. The van der Waals surface area contributed by atoms with E-state index in [2.05, 4.69) is 11.4 Å². The van der Waals surface area contributed by atoms with Crippen molar-refractivity contribution in [1.29, 1.82) is 0 Å². The fraction of sp³-hybridized carbons (Fsp3) is 0.364. The molecule has 0 aliphatic carbocycles. The Morgan fingerprint density at radius 1 is 1.07 bits per heavy atom. The molecule has 0 unspecified atom stereocenters. The van der Waals surface area contributed by atoms with Crippen molar-refractivity contribution in [2.75, 3.05) is 13.1 Å². The fourth-order valence-electron chi connectivity index (χ4n) is 3.44. The number of halogens is 1. The molecule has 1 heterocycles. The minimum absolute atomic E-state index is 0.0280. The zero-order valence-electron chi connectivity index (χ0n) is 15.6. The maximum absolute atomic E-state index is 13.0. The fourth-order valence-corrected chi connectivity index (χ4v) is 3.44. The standard InChI is InChI=1S/C22H25FN2O2/c1-16-3-2-4-18(13-16)15-24-22(27)19-9-11-25(12-10-19)21(26)14-17-5-7-20(23)8-6-17/h2-8,13,19H,9-12,14-15H2,1H3,(H,24,27). The first kappa shape index (κ1) is 19.1. The van der Waals surface area contributed by atoms with Crippen molar-refractivity contribution < 1.29 is 14.0 Å². The van der Waals surface area contributed by atoms with Crippen molar-refractivity contribution in [1.82, 2.24) is 10.2 Å². The molecule has 1 aliphatic rings. The van der Waals surface area contributed by atoms with Crippen LogP contribution in [0.15, 0.2) is 48.5 Å². The molecule has 1 fully saturated rings. The number of hydrogen-bond donors (Lipinski definition) is 1. The van der Waals surface area contributed by atoms with Crippen molar-refractivity contribution in [3.63, 3.8) is 0 Å². The Hall–Kier alpha value is -2.69. The molecule has 2 amide bonds. The van der Waals surface area contributed by atoms with E-state index in [1.54, 1.807) is 17.0 Å². The molecule has 0 radical (unpaired) electrons. The number of likely N-dealkylation sites (tertiary alicyclic amines) is 1. The topological polar surface area (TPSA) is 49.4 Å². The molecule has 1 aliphatic heterocycles. The second-order valence-electron chi connectivity index (χ2n) is 7.17. The van der Waals surface area contributed by atoms with E-state index in [0.29, 0.717) is 32.5 Å². The summed E-state index contributed by atoms with van der Waals surface area (Å²) in [6.45, 7) is 3.74. The minimum Gasteiger partial charge on any atom is -0.352 e. The lowest BCUT2D eigenvalue weighted by Gasteiger charge is -2.31. The number of carbonyl (C=O) groups is 2. The van der Waals surface area contributed by atoms with E-state index in [1.165, 1.54) is 17.7 Å². The van der Waals surface area contributed by atoms with Gasteiger partial charge in [-0.3, -0.25) is 9.59 Å². The van der Waals surface area contributed by atoms with Crippen LogP contribution in [-0.4, -0.2) is 29.8 Å². The maximum Gasteiger partial charge on any atom is 0.226 e. The van der Waals surface area contributed by atoms with Gasteiger partial charge in [-0.25, -0.2) is 4.39 Å². The van der Waals surface area contributed by atoms with Crippen LogP contribution in [0.1, 0.15) is 29.5 Å². The number of carbonyl (C=O) groups excluding carboxylic acids is 2. The van der Waals surface area contributed by atoms with E-state index in [1.807, 2.05) is 25.1 Å². The molecule has 1 N–H and O–H groups in total. The summed E-state index contributed by atoms with van der Waals surface area (Å²) < 4.78 is 13.0. The monoisotopic (exact) mass is 368 g/mol. The van der Waals surface area contributed by atoms with Gasteiger partial charge in [0.25, 0.3) is 0 Å². The van der Waals surface area contributed by atoms with E-state index in [0.717, 1.165) is 11.1 Å². The van der Waals surface area contributed by atoms with Gasteiger partial charge in [-0.15, -0.1) is 0 Å². The van der Waals surface area contributed by atoms with Crippen molar-refractivity contribution >= 4 is 11.8 Å². The third-order valence-corrected chi connectivity index (χ3v) is 5.04. The van der Waals surface area contributed by atoms with Gasteiger partial charge in [-0.05, 0) is 43.0 Å². The van der Waals surface area contributed by atoms with E-state index >= 15 is 0 Å². The number of nitrogens with one attached hydrogen (secondary N) is 1. The molecule has 0 aromatic heterocycles. The van der Waals surface area contributed by atoms with Crippen molar-refractivity contribution in [2.24, 2.45) is 5.92 Å². The average Bonchev–Trinajstić information content (AvgIpc) is 2.68. The molecule has 142 valence electrons. The Bertz CT molecular complexity index is 796. The smallest absolute Gasteiger partial charge is 0.226 e. The summed E-state index contributed by atoms with van der Waals surface area (Å²) >= 11 is 0. The molecule has 2 aromatic rings. The molecule has 2 aromatic carbocycles. The molecule has 0 atom stereocenters. The van der Waals surface area contributed by atoms with Crippen molar-refractivity contribution in [3.05, 3.63) is 71.0 Å². The van der Waals surface area contributed by atoms with Gasteiger partial charge < -0.3 is 10.2 Å². The molecule has 4 nitrogen and oxygen atoms in total. The molecule has 0 spiro atoms. The number of piperidine rings is 1. The summed E-state index contributed by atoms with van der Waals surface area (Å²) in [5.41, 5.74) is 3.07. The molecular formula is C22H25FN2O2. The molecular weight excluding hydrogens is 343 g/mol. The van der Waals surface area contributed by atoms with E-state index < -0.39 is 0 Å². The first-order valence-corrected chi connectivity index (χ1v) is 9.37. The highest BCUT2D eigenvalue weighted by Crippen LogP contribution is 2.19. The van der Waals surface area contributed by atoms with Gasteiger partial charge in [0, 0.05) is 25.6 Å². The van der Waals surface area contributed by atoms with Crippen LogP contribution in [0.5, 0.6) is 0 Å². The predicted octanol–water partition coefficient (Wildman–Crippen LogP) is 3.23. The second kappa shape index (κ2) is 8.80. The highest BCUT2D eigenvalue weighted by molar-refractivity contribution is 5.81. The summed E-state index contributed by atoms with van der Waals surface area (Å²) in [5, 5.41) is 3.01. The maximum atomic E-state index is 13.0. The molecule has 1 saturated heterocycles. The Morgan fingerprint density at radius 3 is 2.44 bits per heavy atom. The quantitative estimate of drug-likeness (QED) is 0.881. The van der Waals surface area contributed by atoms with Gasteiger partial charge in [0.05, 0.1) is 6.42 Å². The summed E-state index contributed by atoms with van der Waals surface area (Å²) in [6.07, 6.45) is 1.62. The van der Waals surface area contributed by atoms with Gasteiger partial charge in [0.1, 0.15) is 5.82 Å².